The first-order chi connectivity index (χ1) is 20.2. The van der Waals surface area contributed by atoms with Crippen molar-refractivity contribution in [1.82, 2.24) is 0 Å². The first kappa shape index (κ1) is 31.7. The van der Waals surface area contributed by atoms with Crippen molar-refractivity contribution in [2.45, 2.75) is 76.7 Å². The maximum atomic E-state index is 13.5. The topological polar surface area (TPSA) is 120 Å². The Bertz CT molecular complexity index is 1600. The number of cyclic esters (lactones) is 1. The number of nitrogens with zero attached hydrogens (tertiary/aromatic N) is 1. The summed E-state index contributed by atoms with van der Waals surface area (Å²) in [5.41, 5.74) is 3.07. The van der Waals surface area contributed by atoms with Gasteiger partial charge in [0, 0.05) is 22.6 Å². The highest BCUT2D eigenvalue weighted by Crippen LogP contribution is 2.46. The maximum absolute atomic E-state index is 13.5. The highest BCUT2D eigenvalue weighted by atomic mass is 32.2. The molecule has 4 rings (SSSR count). The Kier molecular flexibility index (Phi) is 9.26. The van der Waals surface area contributed by atoms with Crippen LogP contribution in [0.25, 0.3) is 0 Å². The molecule has 1 aliphatic heterocycles. The normalized spacial score (nSPS) is 17.0. The number of amides is 1. The fourth-order valence-electron chi connectivity index (χ4n) is 5.10. The summed E-state index contributed by atoms with van der Waals surface area (Å²) in [6.45, 7) is 12.0. The molecule has 3 N–H and O–H groups in total. The number of aromatic hydroxyl groups is 1. The Balaban J connectivity index is 1.60. The van der Waals surface area contributed by atoms with E-state index >= 15 is 0 Å². The van der Waals surface area contributed by atoms with Crippen LogP contribution in [0.15, 0.2) is 76.2 Å². The van der Waals surface area contributed by atoms with E-state index in [9.17, 15) is 19.8 Å². The number of phenols is 1. The summed E-state index contributed by atoms with van der Waals surface area (Å²) in [6.07, 6.45) is 1.37. The van der Waals surface area contributed by atoms with Crippen LogP contribution >= 0.6 is 11.8 Å². The van der Waals surface area contributed by atoms with Crippen molar-refractivity contribution >= 4 is 29.3 Å². The minimum atomic E-state index is -0.856. The number of nitriles is 1. The molecule has 0 radical (unpaired) electrons. The van der Waals surface area contributed by atoms with Gasteiger partial charge >= 0.3 is 5.97 Å². The van der Waals surface area contributed by atoms with Crippen molar-refractivity contribution in [3.05, 3.63) is 99.1 Å². The number of phenolic OH excluding ortho intramolecular Hbond substituents is 1. The van der Waals surface area contributed by atoms with Crippen LogP contribution in [-0.2, 0) is 21.4 Å². The van der Waals surface area contributed by atoms with Crippen LogP contribution in [0.2, 0.25) is 0 Å². The second kappa shape index (κ2) is 12.6. The van der Waals surface area contributed by atoms with Gasteiger partial charge in [-0.2, -0.15) is 5.26 Å². The minimum absolute atomic E-state index is 0.0105. The number of anilines is 1. The summed E-state index contributed by atoms with van der Waals surface area (Å²) < 4.78 is 6.13. The van der Waals surface area contributed by atoms with Gasteiger partial charge in [0.25, 0.3) is 5.91 Å². The molecule has 0 aliphatic carbocycles. The van der Waals surface area contributed by atoms with Crippen LogP contribution in [0.4, 0.5) is 5.69 Å². The lowest BCUT2D eigenvalue weighted by atomic mass is 9.80. The Hall–Kier alpha value is -4.22. The van der Waals surface area contributed by atoms with Crippen molar-refractivity contribution in [2.24, 2.45) is 5.92 Å². The zero-order valence-corrected chi connectivity index (χ0v) is 26.3. The molecule has 1 heterocycles. The molecule has 43 heavy (non-hydrogen) atoms. The van der Waals surface area contributed by atoms with E-state index < -0.39 is 11.6 Å². The number of ether oxygens (including phenoxy) is 1. The zero-order chi connectivity index (χ0) is 31.5. The average Bonchev–Trinajstić information content (AvgIpc) is 2.95. The number of thioether (sulfide) groups is 1. The van der Waals surface area contributed by atoms with E-state index in [0.29, 0.717) is 29.7 Å². The van der Waals surface area contributed by atoms with Crippen molar-refractivity contribution in [3.63, 3.8) is 0 Å². The predicted octanol–water partition coefficient (Wildman–Crippen LogP) is 7.96. The fraction of sp³-hybridized carbons (Fsp3) is 0.343. The number of aryl methyl sites for hydroxylation is 2. The second-order valence-electron chi connectivity index (χ2n) is 12.4. The van der Waals surface area contributed by atoms with E-state index in [1.165, 1.54) is 11.8 Å². The highest BCUT2D eigenvalue weighted by Gasteiger charge is 2.44. The Labute approximate surface area is 257 Å². The Morgan fingerprint density at radius 3 is 2.30 bits per heavy atom. The molecule has 8 heteroatoms. The third-order valence-corrected chi connectivity index (χ3v) is 9.07. The van der Waals surface area contributed by atoms with E-state index in [2.05, 4.69) is 32.2 Å². The third-order valence-electron chi connectivity index (χ3n) is 7.91. The van der Waals surface area contributed by atoms with Crippen LogP contribution in [-0.4, -0.2) is 27.7 Å². The van der Waals surface area contributed by atoms with Gasteiger partial charge in [-0.05, 0) is 96.3 Å². The van der Waals surface area contributed by atoms with Gasteiger partial charge in [-0.15, -0.1) is 0 Å². The molecule has 1 amide bonds. The summed E-state index contributed by atoms with van der Waals surface area (Å²) in [4.78, 5) is 27.4. The van der Waals surface area contributed by atoms with Gasteiger partial charge < -0.3 is 20.3 Å². The third kappa shape index (κ3) is 7.23. The number of esters is 1. The number of aliphatic hydroxyl groups is 1. The molecule has 1 atom stereocenters. The molecular weight excluding hydrogens is 560 g/mol. The van der Waals surface area contributed by atoms with Crippen molar-refractivity contribution in [2.75, 3.05) is 5.32 Å². The molecule has 0 bridgehead atoms. The second-order valence-corrected chi connectivity index (χ2v) is 13.4. The highest BCUT2D eigenvalue weighted by molar-refractivity contribution is 8.04. The number of carbonyl (C=O) groups excluding carboxylic acids is 2. The number of hydrogen-bond donors (Lipinski definition) is 3. The largest absolute Gasteiger partial charge is 0.511 e. The van der Waals surface area contributed by atoms with Gasteiger partial charge in [-0.25, -0.2) is 4.79 Å². The summed E-state index contributed by atoms with van der Waals surface area (Å²) in [5, 5.41) is 32.9. The lowest BCUT2D eigenvalue weighted by Gasteiger charge is -2.40. The minimum Gasteiger partial charge on any atom is -0.511 e. The molecule has 7 nitrogen and oxygen atoms in total. The zero-order valence-electron chi connectivity index (χ0n) is 25.4. The average molecular weight is 599 g/mol. The van der Waals surface area contributed by atoms with Crippen LogP contribution in [0.1, 0.15) is 80.1 Å². The summed E-state index contributed by atoms with van der Waals surface area (Å²) >= 11 is 1.19. The molecule has 3 aromatic rings. The monoisotopic (exact) mass is 598 g/mol. The lowest BCUT2D eigenvalue weighted by Crippen LogP contribution is -2.44. The molecular formula is C35H38N2O5S. The van der Waals surface area contributed by atoms with E-state index in [-0.39, 0.29) is 40.1 Å². The van der Waals surface area contributed by atoms with E-state index in [4.69, 9.17) is 10.00 Å². The van der Waals surface area contributed by atoms with Crippen LogP contribution in [0.3, 0.4) is 0 Å². The van der Waals surface area contributed by atoms with Gasteiger partial charge in [0.1, 0.15) is 22.0 Å². The molecule has 0 saturated carbocycles. The number of nitrogens with one attached hydrogen (secondary N) is 1. The van der Waals surface area contributed by atoms with Crippen molar-refractivity contribution < 1.29 is 24.5 Å². The van der Waals surface area contributed by atoms with Gasteiger partial charge in [0.15, 0.2) is 0 Å². The van der Waals surface area contributed by atoms with Crippen LogP contribution in [0.5, 0.6) is 5.75 Å². The summed E-state index contributed by atoms with van der Waals surface area (Å²) in [7, 11) is 0. The number of rotatable bonds is 8. The standard InChI is InChI=1S/C35H38N2O5S/c1-21(2)35(16-15-23-9-13-26(38)14-10-23)19-29(39)31(33(41)42-35)43-30-17-22(3)28(18-27(30)34(4,5)6)37-32(40)25-11-7-24(20-36)8-12-25/h7-14,17-18,21,38-39H,15-16,19H2,1-6H3,(H,37,40)/t35-/m1/s1. The molecule has 3 aromatic carbocycles. The number of hydrogen-bond acceptors (Lipinski definition) is 7. The maximum Gasteiger partial charge on any atom is 0.349 e. The Morgan fingerprint density at radius 1 is 1.09 bits per heavy atom. The fourth-order valence-corrected chi connectivity index (χ4v) is 6.35. The van der Waals surface area contributed by atoms with Gasteiger partial charge in [0.2, 0.25) is 0 Å². The van der Waals surface area contributed by atoms with Crippen molar-refractivity contribution in [3.8, 4) is 11.8 Å². The number of benzene rings is 3. The van der Waals surface area contributed by atoms with Crippen LogP contribution < -0.4 is 5.32 Å². The molecule has 0 fully saturated rings. The molecule has 0 unspecified atom stereocenters. The van der Waals surface area contributed by atoms with Gasteiger partial charge in [0.05, 0.1) is 11.6 Å². The lowest BCUT2D eigenvalue weighted by molar-refractivity contribution is -0.164. The Morgan fingerprint density at radius 2 is 1.74 bits per heavy atom. The van der Waals surface area contributed by atoms with E-state index in [1.54, 1.807) is 36.4 Å². The number of aliphatic hydroxyl groups excluding tert-OH is 1. The predicted molar refractivity (Wildman–Crippen MR) is 169 cm³/mol. The quantitative estimate of drug-likeness (QED) is 0.225. The van der Waals surface area contributed by atoms with Crippen LogP contribution in [0, 0.1) is 24.2 Å². The molecule has 0 spiro atoms. The first-order valence-electron chi connectivity index (χ1n) is 14.3. The molecule has 0 saturated heterocycles. The SMILES string of the molecule is Cc1cc(SC2=C(O)C[C@](CCc3ccc(O)cc3)(C(C)C)OC2=O)c(C(C)(C)C)cc1NC(=O)c1ccc(C#N)cc1. The molecule has 0 aromatic heterocycles. The van der Waals surface area contributed by atoms with E-state index in [1.807, 2.05) is 45.0 Å². The molecule has 1 aliphatic rings. The van der Waals surface area contributed by atoms with Crippen molar-refractivity contribution in [1.29, 1.82) is 5.26 Å². The summed E-state index contributed by atoms with van der Waals surface area (Å²) in [6, 6.07) is 19.3. The smallest absolute Gasteiger partial charge is 0.349 e. The van der Waals surface area contributed by atoms with E-state index in [0.717, 1.165) is 21.6 Å². The summed E-state index contributed by atoms with van der Waals surface area (Å²) in [5.74, 6) is -0.671. The van der Waals surface area contributed by atoms with Gasteiger partial charge in [-0.3, -0.25) is 4.79 Å². The first-order valence-corrected chi connectivity index (χ1v) is 15.1. The number of carbonyl (C=O) groups is 2. The van der Waals surface area contributed by atoms with Gasteiger partial charge in [-0.1, -0.05) is 58.5 Å². The molecule has 224 valence electrons.